The van der Waals surface area contributed by atoms with Crippen molar-refractivity contribution in [3.8, 4) is 0 Å². The van der Waals surface area contributed by atoms with Gasteiger partial charge in [0.2, 0.25) is 0 Å². The topological polar surface area (TPSA) is 79.2 Å². The van der Waals surface area contributed by atoms with Crippen LogP contribution in [0.25, 0.3) is 16.7 Å². The first-order valence-electron chi connectivity index (χ1n) is 9.22. The molecule has 0 saturated carbocycles. The Morgan fingerprint density at radius 3 is 2.96 bits per heavy atom. The lowest BCUT2D eigenvalue weighted by atomic mass is 9.97. The van der Waals surface area contributed by atoms with E-state index in [0.717, 1.165) is 36.2 Å². The largest absolute Gasteiger partial charge is 0.342 e. The van der Waals surface area contributed by atoms with E-state index in [-0.39, 0.29) is 11.8 Å². The molecule has 1 fully saturated rings. The van der Waals surface area contributed by atoms with Gasteiger partial charge in [-0.2, -0.15) is 0 Å². The predicted molar refractivity (Wildman–Crippen MR) is 102 cm³/mol. The molecule has 1 atom stereocenters. The van der Waals surface area contributed by atoms with Gasteiger partial charge in [0.15, 0.2) is 11.3 Å². The summed E-state index contributed by atoms with van der Waals surface area (Å²) in [5, 5.41) is 0. The summed E-state index contributed by atoms with van der Waals surface area (Å²) in [6.45, 7) is 3.45. The molecule has 0 bridgehead atoms. The molecule has 0 spiro atoms. The number of aryl methyl sites for hydroxylation is 1. The molecule has 136 valence electrons. The Morgan fingerprint density at radius 1 is 1.22 bits per heavy atom. The van der Waals surface area contributed by atoms with Crippen LogP contribution in [0.3, 0.4) is 0 Å². The number of hydrogen-bond donors (Lipinski definition) is 1. The van der Waals surface area contributed by atoms with E-state index in [0.29, 0.717) is 17.9 Å². The van der Waals surface area contributed by atoms with Crippen LogP contribution in [0, 0.1) is 6.92 Å². The van der Waals surface area contributed by atoms with Crippen molar-refractivity contribution >= 4 is 22.6 Å². The number of H-pyrrole nitrogens is 1. The zero-order valence-corrected chi connectivity index (χ0v) is 15.1. The normalized spacial score (nSPS) is 17.7. The van der Waals surface area contributed by atoms with Crippen molar-refractivity contribution in [2.45, 2.75) is 25.7 Å². The van der Waals surface area contributed by atoms with E-state index < -0.39 is 0 Å². The number of likely N-dealkylation sites (tertiary alicyclic amines) is 1. The van der Waals surface area contributed by atoms with Crippen LogP contribution in [0.5, 0.6) is 0 Å². The Balaban J connectivity index is 1.43. The second kappa shape index (κ2) is 6.19. The summed E-state index contributed by atoms with van der Waals surface area (Å²) >= 11 is 0. The number of carbonyl (C=O) groups excluding carboxylic acids is 1. The predicted octanol–water partition coefficient (Wildman–Crippen LogP) is 2.93. The number of nitrogens with one attached hydrogen (secondary N) is 1. The molecule has 4 aromatic rings. The zero-order chi connectivity index (χ0) is 18.4. The highest BCUT2D eigenvalue weighted by Crippen LogP contribution is 2.28. The average Bonchev–Trinajstić information content (AvgIpc) is 3.33. The number of rotatable bonds is 2. The van der Waals surface area contributed by atoms with E-state index in [4.69, 9.17) is 4.98 Å². The van der Waals surface area contributed by atoms with Crippen LogP contribution in [-0.4, -0.2) is 48.2 Å². The number of carbonyl (C=O) groups is 1. The molecule has 1 N–H and O–H groups in total. The van der Waals surface area contributed by atoms with Gasteiger partial charge < -0.3 is 14.3 Å². The van der Waals surface area contributed by atoms with Crippen LogP contribution in [0.15, 0.2) is 43.0 Å². The molecule has 0 radical (unpaired) electrons. The van der Waals surface area contributed by atoms with Crippen LogP contribution in [0.4, 0.5) is 0 Å². The van der Waals surface area contributed by atoms with Gasteiger partial charge in [0.1, 0.15) is 5.82 Å². The molecule has 1 aliphatic rings. The molecule has 5 rings (SSSR count). The van der Waals surface area contributed by atoms with E-state index >= 15 is 0 Å². The number of piperidine rings is 1. The molecule has 7 nitrogen and oxygen atoms in total. The fraction of sp³-hybridized carbons (Fsp3) is 0.300. The van der Waals surface area contributed by atoms with Crippen molar-refractivity contribution in [3.05, 3.63) is 60.1 Å². The third-order valence-electron chi connectivity index (χ3n) is 5.26. The number of hydrogen-bond acceptors (Lipinski definition) is 4. The second-order valence-electron chi connectivity index (χ2n) is 7.17. The number of benzene rings is 1. The number of aromatic nitrogens is 5. The molecule has 7 heteroatoms. The van der Waals surface area contributed by atoms with Gasteiger partial charge >= 0.3 is 0 Å². The van der Waals surface area contributed by atoms with Crippen LogP contribution in [0.2, 0.25) is 0 Å². The summed E-state index contributed by atoms with van der Waals surface area (Å²) in [5.41, 5.74) is 4.24. The van der Waals surface area contributed by atoms with Crippen molar-refractivity contribution in [3.63, 3.8) is 0 Å². The number of amides is 1. The van der Waals surface area contributed by atoms with Crippen molar-refractivity contribution in [1.29, 1.82) is 0 Å². The van der Waals surface area contributed by atoms with Gasteiger partial charge in [-0.1, -0.05) is 6.07 Å². The number of nitrogens with zero attached hydrogens (tertiary/aromatic N) is 5. The van der Waals surface area contributed by atoms with Crippen LogP contribution in [-0.2, 0) is 0 Å². The second-order valence-corrected chi connectivity index (χ2v) is 7.17. The first kappa shape index (κ1) is 16.0. The Morgan fingerprint density at radius 2 is 2.07 bits per heavy atom. The standard InChI is InChI=1S/C20H20N6O/c1-13-4-5-15-16(11-13)24-18(23-15)14-3-2-8-26(12-14)20(27)17-19-22-7-10-25(19)9-6-21-17/h4-7,9-11,14H,2-3,8,12H2,1H3,(H,23,24)/t14-/m0/s1. The molecule has 1 amide bonds. The maximum absolute atomic E-state index is 13.1. The molecule has 27 heavy (non-hydrogen) atoms. The van der Waals surface area contributed by atoms with E-state index in [1.165, 1.54) is 5.56 Å². The van der Waals surface area contributed by atoms with Gasteiger partial charge in [0.25, 0.3) is 5.91 Å². The SMILES string of the molecule is Cc1ccc2nc([C@H]3CCCN(C(=O)c4nccn5ccnc45)C3)[nH]c2c1. The third-order valence-corrected chi connectivity index (χ3v) is 5.26. The number of imidazole rings is 2. The maximum atomic E-state index is 13.1. The lowest BCUT2D eigenvalue weighted by Gasteiger charge is -2.31. The van der Waals surface area contributed by atoms with E-state index in [1.807, 2.05) is 21.6 Å². The van der Waals surface area contributed by atoms with Crippen molar-refractivity contribution in [2.75, 3.05) is 13.1 Å². The lowest BCUT2D eigenvalue weighted by Crippen LogP contribution is -2.40. The molecule has 3 aromatic heterocycles. The van der Waals surface area contributed by atoms with Gasteiger partial charge in [-0.15, -0.1) is 0 Å². The van der Waals surface area contributed by atoms with Gasteiger partial charge in [0, 0.05) is 43.8 Å². The first-order valence-corrected chi connectivity index (χ1v) is 9.22. The highest BCUT2D eigenvalue weighted by atomic mass is 16.2. The molecule has 0 aliphatic carbocycles. The number of fused-ring (bicyclic) bond motifs is 2. The van der Waals surface area contributed by atoms with Crippen molar-refractivity contribution < 1.29 is 4.79 Å². The Bertz CT molecular complexity index is 1140. The van der Waals surface area contributed by atoms with Crippen LogP contribution < -0.4 is 0 Å². The van der Waals surface area contributed by atoms with E-state index in [9.17, 15) is 4.79 Å². The minimum absolute atomic E-state index is 0.0662. The Labute approximate surface area is 156 Å². The van der Waals surface area contributed by atoms with Crippen LogP contribution in [0.1, 0.15) is 40.6 Å². The Hall–Kier alpha value is -3.22. The summed E-state index contributed by atoms with van der Waals surface area (Å²) in [6.07, 6.45) is 8.92. The summed E-state index contributed by atoms with van der Waals surface area (Å²) in [4.78, 5) is 31.8. The number of aromatic amines is 1. The van der Waals surface area contributed by atoms with Crippen molar-refractivity contribution in [1.82, 2.24) is 29.2 Å². The maximum Gasteiger partial charge on any atom is 0.276 e. The molecule has 0 unspecified atom stereocenters. The molecule has 1 aromatic carbocycles. The molecule has 4 heterocycles. The van der Waals surface area contributed by atoms with E-state index in [1.54, 1.807) is 18.6 Å². The Kier molecular flexibility index (Phi) is 3.67. The molecular weight excluding hydrogens is 340 g/mol. The lowest BCUT2D eigenvalue weighted by molar-refractivity contribution is 0.0700. The average molecular weight is 360 g/mol. The minimum atomic E-state index is -0.0662. The quantitative estimate of drug-likeness (QED) is 0.596. The highest BCUT2D eigenvalue weighted by molar-refractivity contribution is 5.97. The summed E-state index contributed by atoms with van der Waals surface area (Å²) < 4.78 is 1.82. The summed E-state index contributed by atoms with van der Waals surface area (Å²) in [5.74, 6) is 1.10. The van der Waals surface area contributed by atoms with Gasteiger partial charge in [0.05, 0.1) is 11.0 Å². The smallest absolute Gasteiger partial charge is 0.276 e. The third kappa shape index (κ3) is 2.75. The molecule has 1 aliphatic heterocycles. The first-order chi connectivity index (χ1) is 13.2. The van der Waals surface area contributed by atoms with E-state index in [2.05, 4.69) is 34.0 Å². The van der Waals surface area contributed by atoms with Gasteiger partial charge in [-0.3, -0.25) is 4.79 Å². The van der Waals surface area contributed by atoms with Gasteiger partial charge in [-0.25, -0.2) is 15.0 Å². The fourth-order valence-electron chi connectivity index (χ4n) is 3.88. The fourth-order valence-corrected chi connectivity index (χ4v) is 3.88. The minimum Gasteiger partial charge on any atom is -0.342 e. The molecule has 1 saturated heterocycles. The highest BCUT2D eigenvalue weighted by Gasteiger charge is 2.29. The molecular formula is C20H20N6O. The van der Waals surface area contributed by atoms with Gasteiger partial charge in [-0.05, 0) is 37.5 Å². The summed E-state index contributed by atoms with van der Waals surface area (Å²) in [6, 6.07) is 6.22. The van der Waals surface area contributed by atoms with Crippen LogP contribution >= 0.6 is 0 Å². The monoisotopic (exact) mass is 360 g/mol. The summed E-state index contributed by atoms with van der Waals surface area (Å²) in [7, 11) is 0. The zero-order valence-electron chi connectivity index (χ0n) is 15.1. The van der Waals surface area contributed by atoms with Crippen molar-refractivity contribution in [2.24, 2.45) is 0 Å².